The van der Waals surface area contributed by atoms with E-state index in [1.807, 2.05) is 35.2 Å². The lowest BCUT2D eigenvalue weighted by atomic mass is 10.0. The van der Waals surface area contributed by atoms with Crippen LogP contribution >= 0.6 is 11.6 Å². The molecule has 0 aromatic heterocycles. The van der Waals surface area contributed by atoms with Crippen LogP contribution in [-0.4, -0.2) is 66.8 Å². The molecule has 2 aromatic rings. The van der Waals surface area contributed by atoms with Crippen molar-refractivity contribution in [3.63, 3.8) is 0 Å². The van der Waals surface area contributed by atoms with E-state index in [9.17, 15) is 9.59 Å². The lowest BCUT2D eigenvalue weighted by Gasteiger charge is -2.39. The summed E-state index contributed by atoms with van der Waals surface area (Å²) in [5, 5.41) is 0.615. The molecule has 0 radical (unpaired) electrons. The standard InChI is InChI=1S/C21H24ClN3O2/c1-23(2)21(27)19(16-6-4-3-5-7-16)24-12-14-25(15-13-24)20(26)17-8-10-18(22)11-9-17/h3-11,19H,12-15H2,1-2H3. The number of halogens is 1. The molecule has 0 aliphatic carbocycles. The molecule has 0 saturated carbocycles. The Balaban J connectivity index is 1.71. The van der Waals surface area contributed by atoms with E-state index >= 15 is 0 Å². The average molecular weight is 386 g/mol. The molecule has 0 bridgehead atoms. The number of piperazine rings is 1. The van der Waals surface area contributed by atoms with E-state index in [2.05, 4.69) is 4.90 Å². The van der Waals surface area contributed by atoms with Gasteiger partial charge in [-0.25, -0.2) is 0 Å². The molecule has 3 rings (SSSR count). The molecular formula is C21H24ClN3O2. The molecular weight excluding hydrogens is 362 g/mol. The molecule has 0 spiro atoms. The Morgan fingerprint density at radius 2 is 1.52 bits per heavy atom. The van der Waals surface area contributed by atoms with Crippen LogP contribution in [-0.2, 0) is 4.79 Å². The van der Waals surface area contributed by atoms with Gasteiger partial charge in [0, 0.05) is 50.9 Å². The zero-order valence-corrected chi connectivity index (χ0v) is 16.4. The molecule has 1 fully saturated rings. The van der Waals surface area contributed by atoms with E-state index in [1.54, 1.807) is 43.3 Å². The second kappa shape index (κ2) is 8.55. The number of likely N-dealkylation sites (N-methyl/N-ethyl adjacent to an activating group) is 1. The van der Waals surface area contributed by atoms with Gasteiger partial charge in [0.1, 0.15) is 6.04 Å². The molecule has 1 aliphatic heterocycles. The lowest BCUT2D eigenvalue weighted by Crippen LogP contribution is -2.52. The predicted octanol–water partition coefficient (Wildman–Crippen LogP) is 2.93. The third kappa shape index (κ3) is 4.49. The first-order valence-electron chi connectivity index (χ1n) is 9.02. The van der Waals surface area contributed by atoms with Crippen molar-refractivity contribution in [2.24, 2.45) is 0 Å². The topological polar surface area (TPSA) is 43.9 Å². The summed E-state index contributed by atoms with van der Waals surface area (Å²) in [7, 11) is 3.55. The Hall–Kier alpha value is -2.37. The van der Waals surface area contributed by atoms with Gasteiger partial charge in [0.05, 0.1) is 0 Å². The Labute approximate surface area is 165 Å². The van der Waals surface area contributed by atoms with Gasteiger partial charge in [0.15, 0.2) is 0 Å². The molecule has 2 amide bonds. The molecule has 1 aliphatic rings. The molecule has 2 aromatic carbocycles. The lowest BCUT2D eigenvalue weighted by molar-refractivity contribution is -0.135. The minimum atomic E-state index is -0.325. The Bertz CT molecular complexity index is 785. The van der Waals surface area contributed by atoms with Crippen molar-refractivity contribution in [2.45, 2.75) is 6.04 Å². The van der Waals surface area contributed by atoms with Gasteiger partial charge in [-0.1, -0.05) is 41.9 Å². The molecule has 142 valence electrons. The summed E-state index contributed by atoms with van der Waals surface area (Å²) < 4.78 is 0. The van der Waals surface area contributed by atoms with Crippen molar-refractivity contribution in [3.8, 4) is 0 Å². The van der Waals surface area contributed by atoms with Crippen molar-refractivity contribution < 1.29 is 9.59 Å². The zero-order valence-electron chi connectivity index (χ0n) is 15.6. The van der Waals surface area contributed by atoms with Gasteiger partial charge >= 0.3 is 0 Å². The molecule has 0 N–H and O–H groups in total. The summed E-state index contributed by atoms with van der Waals surface area (Å²) in [4.78, 5) is 31.1. The monoisotopic (exact) mass is 385 g/mol. The molecule has 1 heterocycles. The summed E-state index contributed by atoms with van der Waals surface area (Å²) >= 11 is 5.90. The Kier molecular flexibility index (Phi) is 6.14. The highest BCUT2D eigenvalue weighted by molar-refractivity contribution is 6.30. The number of carbonyl (C=O) groups is 2. The second-order valence-corrected chi connectivity index (χ2v) is 7.32. The van der Waals surface area contributed by atoms with E-state index in [1.165, 1.54) is 0 Å². The maximum atomic E-state index is 12.8. The van der Waals surface area contributed by atoms with Gasteiger partial charge in [0.2, 0.25) is 5.91 Å². The fourth-order valence-corrected chi connectivity index (χ4v) is 3.47. The fraction of sp³-hybridized carbons (Fsp3) is 0.333. The third-order valence-corrected chi connectivity index (χ3v) is 5.10. The van der Waals surface area contributed by atoms with Gasteiger partial charge < -0.3 is 9.80 Å². The van der Waals surface area contributed by atoms with Gasteiger partial charge in [-0.15, -0.1) is 0 Å². The largest absolute Gasteiger partial charge is 0.347 e. The third-order valence-electron chi connectivity index (χ3n) is 4.85. The van der Waals surface area contributed by atoms with E-state index in [0.717, 1.165) is 5.56 Å². The van der Waals surface area contributed by atoms with Crippen LogP contribution in [0, 0.1) is 0 Å². The minimum Gasteiger partial charge on any atom is -0.347 e. The number of carbonyl (C=O) groups excluding carboxylic acids is 2. The maximum Gasteiger partial charge on any atom is 0.253 e. The summed E-state index contributed by atoms with van der Waals surface area (Å²) in [6, 6.07) is 16.4. The number of rotatable bonds is 4. The quantitative estimate of drug-likeness (QED) is 0.812. The van der Waals surface area contributed by atoms with Crippen LogP contribution in [0.1, 0.15) is 22.0 Å². The minimum absolute atomic E-state index is 0.00140. The Morgan fingerprint density at radius 3 is 2.07 bits per heavy atom. The predicted molar refractivity (Wildman–Crippen MR) is 107 cm³/mol. The molecule has 1 atom stereocenters. The van der Waals surface area contributed by atoms with Crippen molar-refractivity contribution in [3.05, 3.63) is 70.7 Å². The zero-order chi connectivity index (χ0) is 19.4. The van der Waals surface area contributed by atoms with Gasteiger partial charge in [-0.2, -0.15) is 0 Å². The van der Waals surface area contributed by atoms with Crippen LogP contribution in [0.3, 0.4) is 0 Å². The molecule has 1 saturated heterocycles. The van der Waals surface area contributed by atoms with E-state index in [4.69, 9.17) is 11.6 Å². The van der Waals surface area contributed by atoms with E-state index < -0.39 is 0 Å². The number of hydrogen-bond donors (Lipinski definition) is 0. The van der Waals surface area contributed by atoms with Gasteiger partial charge in [-0.3, -0.25) is 14.5 Å². The first kappa shape index (κ1) is 19.4. The first-order chi connectivity index (χ1) is 13.0. The number of nitrogens with zero attached hydrogens (tertiary/aromatic N) is 3. The van der Waals surface area contributed by atoms with Gasteiger partial charge in [-0.05, 0) is 29.8 Å². The Morgan fingerprint density at radius 1 is 0.926 bits per heavy atom. The summed E-state index contributed by atoms with van der Waals surface area (Å²) in [5.41, 5.74) is 1.62. The molecule has 5 nitrogen and oxygen atoms in total. The fourth-order valence-electron chi connectivity index (χ4n) is 3.35. The van der Waals surface area contributed by atoms with Crippen molar-refractivity contribution in [1.29, 1.82) is 0 Å². The van der Waals surface area contributed by atoms with E-state index in [0.29, 0.717) is 36.8 Å². The van der Waals surface area contributed by atoms with Crippen molar-refractivity contribution in [1.82, 2.24) is 14.7 Å². The van der Waals surface area contributed by atoms with Crippen molar-refractivity contribution >= 4 is 23.4 Å². The van der Waals surface area contributed by atoms with Crippen LogP contribution in [0.4, 0.5) is 0 Å². The normalized spacial score (nSPS) is 16.0. The smallest absolute Gasteiger partial charge is 0.253 e. The van der Waals surface area contributed by atoms with Crippen LogP contribution in [0.2, 0.25) is 5.02 Å². The first-order valence-corrected chi connectivity index (χ1v) is 9.40. The van der Waals surface area contributed by atoms with Crippen LogP contribution in [0.5, 0.6) is 0 Å². The summed E-state index contributed by atoms with van der Waals surface area (Å²) in [5.74, 6) is 0.0557. The summed E-state index contributed by atoms with van der Waals surface area (Å²) in [6.07, 6.45) is 0. The number of amides is 2. The molecule has 6 heteroatoms. The SMILES string of the molecule is CN(C)C(=O)C(c1ccccc1)N1CCN(C(=O)c2ccc(Cl)cc2)CC1. The highest BCUT2D eigenvalue weighted by Gasteiger charge is 2.32. The number of hydrogen-bond acceptors (Lipinski definition) is 3. The summed E-state index contributed by atoms with van der Waals surface area (Å²) in [6.45, 7) is 2.48. The van der Waals surface area contributed by atoms with E-state index in [-0.39, 0.29) is 17.9 Å². The molecule has 27 heavy (non-hydrogen) atoms. The highest BCUT2D eigenvalue weighted by atomic mass is 35.5. The number of benzene rings is 2. The average Bonchev–Trinajstić information content (AvgIpc) is 2.69. The maximum absolute atomic E-state index is 12.8. The van der Waals surface area contributed by atoms with Crippen LogP contribution < -0.4 is 0 Å². The highest BCUT2D eigenvalue weighted by Crippen LogP contribution is 2.24. The van der Waals surface area contributed by atoms with Gasteiger partial charge in [0.25, 0.3) is 5.91 Å². The van der Waals surface area contributed by atoms with Crippen molar-refractivity contribution in [2.75, 3.05) is 40.3 Å². The second-order valence-electron chi connectivity index (χ2n) is 6.88. The van der Waals surface area contributed by atoms with Crippen LogP contribution in [0.25, 0.3) is 0 Å². The molecule has 1 unspecified atom stereocenters. The van der Waals surface area contributed by atoms with Crippen LogP contribution in [0.15, 0.2) is 54.6 Å².